The van der Waals surface area contributed by atoms with E-state index in [2.05, 4.69) is 15.3 Å². The number of carbonyl (C=O) groups is 1. The Kier molecular flexibility index (Phi) is 4.42. The lowest BCUT2D eigenvalue weighted by Gasteiger charge is -2.04. The van der Waals surface area contributed by atoms with Crippen molar-refractivity contribution in [2.75, 3.05) is 5.32 Å². The van der Waals surface area contributed by atoms with Crippen LogP contribution >= 0.6 is 0 Å². The van der Waals surface area contributed by atoms with Gasteiger partial charge in [0.2, 0.25) is 11.8 Å². The highest BCUT2D eigenvalue weighted by molar-refractivity contribution is 5.92. The molecule has 1 aromatic carbocycles. The number of amides is 1. The lowest BCUT2D eigenvalue weighted by atomic mass is 10.1. The summed E-state index contributed by atoms with van der Waals surface area (Å²) in [6.07, 6.45) is 1.84. The molecule has 2 heterocycles. The minimum atomic E-state index is -0.131. The zero-order valence-corrected chi connectivity index (χ0v) is 14.0. The van der Waals surface area contributed by atoms with E-state index in [0.29, 0.717) is 17.3 Å². The second kappa shape index (κ2) is 6.66. The summed E-state index contributed by atoms with van der Waals surface area (Å²) in [7, 11) is 0. The van der Waals surface area contributed by atoms with Crippen LogP contribution in [0.3, 0.4) is 0 Å². The van der Waals surface area contributed by atoms with Gasteiger partial charge in [0.05, 0.1) is 12.1 Å². The molecule has 1 N–H and O–H groups in total. The van der Waals surface area contributed by atoms with Crippen molar-refractivity contribution in [2.24, 2.45) is 0 Å². The van der Waals surface area contributed by atoms with E-state index in [4.69, 9.17) is 4.42 Å². The van der Waals surface area contributed by atoms with Crippen molar-refractivity contribution in [3.8, 4) is 11.5 Å². The maximum Gasteiger partial charge on any atom is 0.230 e. The zero-order valence-electron chi connectivity index (χ0n) is 14.0. The molecule has 0 unspecified atom stereocenters. The maximum atomic E-state index is 12.2. The third-order valence-electron chi connectivity index (χ3n) is 3.78. The Labute approximate surface area is 140 Å². The van der Waals surface area contributed by atoms with E-state index in [1.54, 1.807) is 12.3 Å². The molecule has 5 heteroatoms. The van der Waals surface area contributed by atoms with Gasteiger partial charge in [-0.3, -0.25) is 9.78 Å². The predicted octanol–water partition coefficient (Wildman–Crippen LogP) is 3.84. The predicted molar refractivity (Wildman–Crippen MR) is 92.7 cm³/mol. The number of carbonyl (C=O) groups excluding carboxylic acids is 1. The van der Waals surface area contributed by atoms with Gasteiger partial charge >= 0.3 is 0 Å². The number of nitrogens with zero attached hydrogens (tertiary/aromatic N) is 2. The first kappa shape index (κ1) is 15.9. The first-order chi connectivity index (χ1) is 11.5. The van der Waals surface area contributed by atoms with Gasteiger partial charge in [-0.2, -0.15) is 0 Å². The number of benzene rings is 1. The fraction of sp³-hybridized carbons (Fsp3) is 0.211. The molecule has 0 fully saturated rings. The first-order valence-electron chi connectivity index (χ1n) is 7.78. The van der Waals surface area contributed by atoms with Gasteiger partial charge in [0.25, 0.3) is 0 Å². The minimum Gasteiger partial charge on any atom is -0.441 e. The molecule has 0 spiro atoms. The Balaban J connectivity index is 1.76. The number of hydrogen-bond acceptors (Lipinski definition) is 4. The van der Waals surface area contributed by atoms with Crippen molar-refractivity contribution < 1.29 is 9.21 Å². The molecule has 0 aliphatic carbocycles. The Morgan fingerprint density at radius 1 is 1.17 bits per heavy atom. The van der Waals surface area contributed by atoms with Crippen molar-refractivity contribution >= 4 is 11.6 Å². The summed E-state index contributed by atoms with van der Waals surface area (Å²) in [6, 6.07) is 11.5. The lowest BCUT2D eigenvalue weighted by Crippen LogP contribution is -2.15. The standard InChI is InChI=1S/C19H19N3O2/c1-12-6-4-5-7-16(12)19-22-17(14(3)24-19)11-18(23)21-15-8-9-20-13(2)10-15/h4-10H,11H2,1-3H3,(H,20,21,23). The summed E-state index contributed by atoms with van der Waals surface area (Å²) < 4.78 is 5.75. The Bertz CT molecular complexity index is 884. The van der Waals surface area contributed by atoms with Crippen LogP contribution in [0.4, 0.5) is 5.69 Å². The van der Waals surface area contributed by atoms with E-state index in [0.717, 1.165) is 22.5 Å². The molecule has 0 bridgehead atoms. The van der Waals surface area contributed by atoms with Crippen LogP contribution in [0.25, 0.3) is 11.5 Å². The monoisotopic (exact) mass is 321 g/mol. The molecule has 3 rings (SSSR count). The number of aromatic nitrogens is 2. The van der Waals surface area contributed by atoms with Gasteiger partial charge in [-0.15, -0.1) is 0 Å². The number of aryl methyl sites for hydroxylation is 3. The number of pyridine rings is 1. The van der Waals surface area contributed by atoms with Gasteiger partial charge in [0, 0.05) is 23.1 Å². The summed E-state index contributed by atoms with van der Waals surface area (Å²) in [5.74, 6) is 1.08. The molecule has 0 saturated carbocycles. The van der Waals surface area contributed by atoms with Crippen LogP contribution in [0.5, 0.6) is 0 Å². The average molecular weight is 321 g/mol. The molecule has 0 aliphatic rings. The van der Waals surface area contributed by atoms with Crippen LogP contribution in [0, 0.1) is 20.8 Å². The minimum absolute atomic E-state index is 0.131. The molecule has 122 valence electrons. The molecule has 5 nitrogen and oxygen atoms in total. The second-order valence-electron chi connectivity index (χ2n) is 5.75. The third kappa shape index (κ3) is 3.51. The first-order valence-corrected chi connectivity index (χ1v) is 7.78. The van der Waals surface area contributed by atoms with Crippen molar-refractivity contribution in [1.29, 1.82) is 0 Å². The highest BCUT2D eigenvalue weighted by Gasteiger charge is 2.15. The molecular formula is C19H19N3O2. The summed E-state index contributed by atoms with van der Waals surface area (Å²) in [5.41, 5.74) is 4.26. The number of hydrogen-bond donors (Lipinski definition) is 1. The fourth-order valence-electron chi connectivity index (χ4n) is 2.50. The third-order valence-corrected chi connectivity index (χ3v) is 3.78. The molecule has 2 aromatic heterocycles. The van der Waals surface area contributed by atoms with Crippen LogP contribution in [-0.4, -0.2) is 15.9 Å². The van der Waals surface area contributed by atoms with Gasteiger partial charge in [0.15, 0.2) is 0 Å². The molecule has 1 amide bonds. The van der Waals surface area contributed by atoms with Gasteiger partial charge in [-0.05, 0) is 44.5 Å². The molecule has 0 aliphatic heterocycles. The Hall–Kier alpha value is -2.95. The highest BCUT2D eigenvalue weighted by Crippen LogP contribution is 2.25. The molecule has 0 saturated heterocycles. The zero-order chi connectivity index (χ0) is 17.1. The van der Waals surface area contributed by atoms with Crippen molar-refractivity contribution in [3.63, 3.8) is 0 Å². The molecule has 0 radical (unpaired) electrons. The maximum absolute atomic E-state index is 12.2. The topological polar surface area (TPSA) is 68.0 Å². The van der Waals surface area contributed by atoms with Gasteiger partial charge in [-0.1, -0.05) is 18.2 Å². The number of oxazole rings is 1. The lowest BCUT2D eigenvalue weighted by molar-refractivity contribution is -0.115. The fourth-order valence-corrected chi connectivity index (χ4v) is 2.50. The largest absolute Gasteiger partial charge is 0.441 e. The smallest absolute Gasteiger partial charge is 0.230 e. The van der Waals surface area contributed by atoms with E-state index in [9.17, 15) is 4.79 Å². The van der Waals surface area contributed by atoms with Crippen LogP contribution in [-0.2, 0) is 11.2 Å². The normalized spacial score (nSPS) is 10.6. The van der Waals surface area contributed by atoms with E-state index in [1.165, 1.54) is 0 Å². The number of nitrogens with one attached hydrogen (secondary N) is 1. The number of rotatable bonds is 4. The SMILES string of the molecule is Cc1cc(NC(=O)Cc2nc(-c3ccccc3C)oc2C)ccn1. The number of anilines is 1. The van der Waals surface area contributed by atoms with E-state index in [-0.39, 0.29) is 12.3 Å². The van der Waals surface area contributed by atoms with Crippen molar-refractivity contribution in [2.45, 2.75) is 27.2 Å². The highest BCUT2D eigenvalue weighted by atomic mass is 16.4. The molecular weight excluding hydrogens is 302 g/mol. The van der Waals surface area contributed by atoms with Crippen molar-refractivity contribution in [3.05, 3.63) is 65.3 Å². The van der Waals surface area contributed by atoms with E-state index in [1.807, 2.05) is 51.1 Å². The van der Waals surface area contributed by atoms with E-state index < -0.39 is 0 Å². The van der Waals surface area contributed by atoms with Gasteiger partial charge < -0.3 is 9.73 Å². The van der Waals surface area contributed by atoms with Gasteiger partial charge in [-0.25, -0.2) is 4.98 Å². The molecule has 24 heavy (non-hydrogen) atoms. The summed E-state index contributed by atoms with van der Waals surface area (Å²) >= 11 is 0. The Morgan fingerprint density at radius 2 is 1.96 bits per heavy atom. The Morgan fingerprint density at radius 3 is 2.71 bits per heavy atom. The molecule has 0 atom stereocenters. The second-order valence-corrected chi connectivity index (χ2v) is 5.75. The van der Waals surface area contributed by atoms with Crippen LogP contribution in [0.15, 0.2) is 47.0 Å². The molecule has 3 aromatic rings. The summed E-state index contributed by atoms with van der Waals surface area (Å²) in [4.78, 5) is 20.9. The van der Waals surface area contributed by atoms with Crippen molar-refractivity contribution in [1.82, 2.24) is 9.97 Å². The van der Waals surface area contributed by atoms with Gasteiger partial charge in [0.1, 0.15) is 5.76 Å². The van der Waals surface area contributed by atoms with Crippen LogP contribution < -0.4 is 5.32 Å². The van der Waals surface area contributed by atoms with Crippen LogP contribution in [0.1, 0.15) is 22.7 Å². The average Bonchev–Trinajstić information content (AvgIpc) is 2.88. The quantitative estimate of drug-likeness (QED) is 0.792. The van der Waals surface area contributed by atoms with E-state index >= 15 is 0 Å². The van der Waals surface area contributed by atoms with Crippen LogP contribution in [0.2, 0.25) is 0 Å². The summed E-state index contributed by atoms with van der Waals surface area (Å²) in [6.45, 7) is 5.72. The summed E-state index contributed by atoms with van der Waals surface area (Å²) in [5, 5.41) is 2.86.